The molecule has 0 aromatic rings. The molecule has 1 rings (SSSR count). The highest BCUT2D eigenvalue weighted by Crippen LogP contribution is 2.19. The number of rotatable bonds is 3. The molecule has 1 fully saturated rings. The van der Waals surface area contributed by atoms with E-state index in [1.807, 2.05) is 0 Å². The van der Waals surface area contributed by atoms with Gasteiger partial charge in [-0.3, -0.25) is 4.99 Å². The van der Waals surface area contributed by atoms with Crippen LogP contribution in [0.5, 0.6) is 0 Å². The van der Waals surface area contributed by atoms with Crippen molar-refractivity contribution < 1.29 is 0 Å². The Bertz CT molecular complexity index is 235. The first kappa shape index (κ1) is 18.0. The molecule has 0 aromatic heterocycles. The first-order chi connectivity index (χ1) is 8.00. The predicted molar refractivity (Wildman–Crippen MR) is 89.9 cm³/mol. The Labute approximate surface area is 129 Å². The first-order valence-corrected chi connectivity index (χ1v) is 6.58. The summed E-state index contributed by atoms with van der Waals surface area (Å²) in [5.74, 6) is 1.94. The Balaban J connectivity index is 0.00000289. The van der Waals surface area contributed by atoms with Crippen molar-refractivity contribution in [3.05, 3.63) is 0 Å². The number of nitrogens with zero attached hydrogens (tertiary/aromatic N) is 4. The largest absolute Gasteiger partial charge is 0.349 e. The van der Waals surface area contributed by atoms with Crippen molar-refractivity contribution in [2.45, 2.75) is 19.3 Å². The Hall–Kier alpha value is -0.0400. The Morgan fingerprint density at radius 3 is 2.06 bits per heavy atom. The van der Waals surface area contributed by atoms with Gasteiger partial charge in [0.25, 0.3) is 0 Å². The number of piperidine rings is 1. The molecule has 0 spiro atoms. The summed E-state index contributed by atoms with van der Waals surface area (Å²) in [5, 5.41) is 0. The van der Waals surface area contributed by atoms with Crippen LogP contribution in [0, 0.1) is 5.92 Å². The molecule has 1 aliphatic heterocycles. The molecule has 5 heteroatoms. The van der Waals surface area contributed by atoms with E-state index in [-0.39, 0.29) is 24.0 Å². The van der Waals surface area contributed by atoms with Crippen molar-refractivity contribution in [3.63, 3.8) is 0 Å². The van der Waals surface area contributed by atoms with E-state index in [9.17, 15) is 0 Å². The molecule has 0 amide bonds. The van der Waals surface area contributed by atoms with Crippen LogP contribution in [0.1, 0.15) is 19.3 Å². The second kappa shape index (κ2) is 8.96. The third-order valence-corrected chi connectivity index (χ3v) is 3.43. The summed E-state index contributed by atoms with van der Waals surface area (Å²) in [5.41, 5.74) is 0. The highest BCUT2D eigenvalue weighted by Gasteiger charge is 2.16. The van der Waals surface area contributed by atoms with Crippen molar-refractivity contribution in [2.24, 2.45) is 10.9 Å². The highest BCUT2D eigenvalue weighted by atomic mass is 127. The number of halogens is 1. The molecule has 0 saturated carbocycles. The van der Waals surface area contributed by atoms with Crippen molar-refractivity contribution in [2.75, 3.05) is 54.9 Å². The maximum atomic E-state index is 4.69. The molecular weight excluding hydrogens is 339 g/mol. The fourth-order valence-electron chi connectivity index (χ4n) is 2.38. The van der Waals surface area contributed by atoms with Crippen LogP contribution in [0.2, 0.25) is 0 Å². The van der Waals surface area contributed by atoms with Gasteiger partial charge in [0, 0.05) is 34.7 Å². The summed E-state index contributed by atoms with van der Waals surface area (Å²) >= 11 is 0. The lowest BCUT2D eigenvalue weighted by Gasteiger charge is -2.29. The first-order valence-electron chi connectivity index (χ1n) is 6.58. The molecule has 0 radical (unpaired) electrons. The summed E-state index contributed by atoms with van der Waals surface area (Å²) in [6, 6.07) is 0. The smallest absolute Gasteiger partial charge is 0.195 e. The third kappa shape index (κ3) is 6.22. The van der Waals surface area contributed by atoms with Crippen LogP contribution in [0.3, 0.4) is 0 Å². The van der Waals surface area contributed by atoms with Crippen LogP contribution in [0.4, 0.5) is 0 Å². The normalized spacial score (nSPS) is 16.9. The van der Waals surface area contributed by atoms with Crippen molar-refractivity contribution in [3.8, 4) is 0 Å². The molecule has 0 aliphatic carbocycles. The summed E-state index contributed by atoms with van der Waals surface area (Å²) in [6.45, 7) is 3.46. The van der Waals surface area contributed by atoms with E-state index >= 15 is 0 Å². The Morgan fingerprint density at radius 2 is 1.61 bits per heavy atom. The van der Waals surface area contributed by atoms with Crippen molar-refractivity contribution in [1.29, 1.82) is 0 Å². The maximum absolute atomic E-state index is 4.69. The van der Waals surface area contributed by atoms with Gasteiger partial charge >= 0.3 is 0 Å². The van der Waals surface area contributed by atoms with E-state index < -0.39 is 0 Å². The average molecular weight is 368 g/mol. The highest BCUT2D eigenvalue weighted by molar-refractivity contribution is 14.0. The van der Waals surface area contributed by atoms with E-state index in [2.05, 4.69) is 49.9 Å². The van der Waals surface area contributed by atoms with Crippen LogP contribution < -0.4 is 0 Å². The number of hydrogen-bond donors (Lipinski definition) is 0. The van der Waals surface area contributed by atoms with Gasteiger partial charge in [-0.25, -0.2) is 0 Å². The van der Waals surface area contributed by atoms with E-state index in [4.69, 9.17) is 4.99 Å². The maximum Gasteiger partial charge on any atom is 0.195 e. The zero-order valence-electron chi connectivity index (χ0n) is 12.5. The van der Waals surface area contributed by atoms with E-state index in [0.29, 0.717) is 0 Å². The molecule has 0 atom stereocenters. The van der Waals surface area contributed by atoms with Gasteiger partial charge < -0.3 is 14.7 Å². The lowest BCUT2D eigenvalue weighted by Crippen LogP contribution is -2.35. The Kier molecular flexibility index (Phi) is 8.94. The van der Waals surface area contributed by atoms with Crippen molar-refractivity contribution >= 4 is 29.9 Å². The monoisotopic (exact) mass is 368 g/mol. The molecule has 108 valence electrons. The van der Waals surface area contributed by atoms with Gasteiger partial charge in [0.2, 0.25) is 0 Å². The van der Waals surface area contributed by atoms with Gasteiger partial charge in [-0.05, 0) is 45.3 Å². The number of hydrogen-bond acceptors (Lipinski definition) is 2. The second-order valence-electron chi connectivity index (χ2n) is 5.51. The van der Waals surface area contributed by atoms with E-state index in [1.165, 1.54) is 32.4 Å². The number of likely N-dealkylation sites (tertiary alicyclic amines) is 1. The van der Waals surface area contributed by atoms with E-state index in [0.717, 1.165) is 18.4 Å². The summed E-state index contributed by atoms with van der Waals surface area (Å²) in [6.07, 6.45) is 3.91. The van der Waals surface area contributed by atoms with Crippen molar-refractivity contribution in [1.82, 2.24) is 14.7 Å². The zero-order chi connectivity index (χ0) is 12.8. The SMILES string of the molecule is CN1CCC(CCN=C(N(C)C)N(C)C)CC1.I. The van der Waals surface area contributed by atoms with Crippen LogP contribution >= 0.6 is 24.0 Å². The van der Waals surface area contributed by atoms with E-state index in [1.54, 1.807) is 0 Å². The molecule has 4 nitrogen and oxygen atoms in total. The van der Waals surface area contributed by atoms with Crippen LogP contribution in [-0.4, -0.2) is 75.5 Å². The minimum atomic E-state index is 0. The van der Waals surface area contributed by atoms with Gasteiger partial charge in [0.05, 0.1) is 0 Å². The molecule has 18 heavy (non-hydrogen) atoms. The van der Waals surface area contributed by atoms with Gasteiger partial charge in [-0.2, -0.15) is 0 Å². The number of guanidine groups is 1. The van der Waals surface area contributed by atoms with Crippen LogP contribution in [-0.2, 0) is 0 Å². The molecule has 0 unspecified atom stereocenters. The minimum absolute atomic E-state index is 0. The molecular formula is C13H29IN4. The molecule has 0 bridgehead atoms. The fraction of sp³-hybridized carbons (Fsp3) is 0.923. The standard InChI is InChI=1S/C13H28N4.HI/c1-15(2)13(16(3)4)14-9-6-12-7-10-17(5)11-8-12;/h12H,6-11H2,1-5H3;1H. The lowest BCUT2D eigenvalue weighted by atomic mass is 9.94. The predicted octanol–water partition coefficient (Wildman–Crippen LogP) is 1.82. The minimum Gasteiger partial charge on any atom is -0.349 e. The molecule has 1 saturated heterocycles. The average Bonchev–Trinajstić information content (AvgIpc) is 2.25. The molecule has 1 heterocycles. The van der Waals surface area contributed by atoms with Gasteiger partial charge in [-0.1, -0.05) is 0 Å². The topological polar surface area (TPSA) is 22.1 Å². The summed E-state index contributed by atoms with van der Waals surface area (Å²) in [7, 11) is 10.4. The Morgan fingerprint density at radius 1 is 1.11 bits per heavy atom. The second-order valence-corrected chi connectivity index (χ2v) is 5.51. The van der Waals surface area contributed by atoms with Gasteiger partial charge in [0.1, 0.15) is 0 Å². The molecule has 0 N–H and O–H groups in total. The zero-order valence-corrected chi connectivity index (χ0v) is 14.8. The summed E-state index contributed by atoms with van der Waals surface area (Å²) < 4.78 is 0. The van der Waals surface area contributed by atoms with Crippen LogP contribution in [0.15, 0.2) is 4.99 Å². The fourth-order valence-corrected chi connectivity index (χ4v) is 2.38. The lowest BCUT2D eigenvalue weighted by molar-refractivity contribution is 0.214. The summed E-state index contributed by atoms with van der Waals surface area (Å²) in [4.78, 5) is 11.3. The van der Waals surface area contributed by atoms with Gasteiger partial charge in [0.15, 0.2) is 5.96 Å². The third-order valence-electron chi connectivity index (χ3n) is 3.43. The molecule has 1 aliphatic rings. The van der Waals surface area contributed by atoms with Crippen LogP contribution in [0.25, 0.3) is 0 Å². The molecule has 0 aromatic carbocycles. The van der Waals surface area contributed by atoms with Gasteiger partial charge in [-0.15, -0.1) is 24.0 Å². The quantitative estimate of drug-likeness (QED) is 0.431. The number of aliphatic imine (C=N–C) groups is 1.